The van der Waals surface area contributed by atoms with E-state index >= 15 is 0 Å². The second-order valence-electron chi connectivity index (χ2n) is 5.45. The summed E-state index contributed by atoms with van der Waals surface area (Å²) >= 11 is 8.91. The van der Waals surface area contributed by atoms with Crippen molar-refractivity contribution >= 4 is 68.6 Å². The van der Waals surface area contributed by atoms with E-state index in [0.29, 0.717) is 26.4 Å². The number of thiocarbonyl (C=S) groups is 1. The molecule has 8 heteroatoms. The second-order valence-corrected chi connectivity index (χ2v) is 8.29. The van der Waals surface area contributed by atoms with Gasteiger partial charge in [-0.2, -0.15) is 0 Å². The van der Waals surface area contributed by atoms with Crippen molar-refractivity contribution in [3.05, 3.63) is 50.4 Å². The van der Waals surface area contributed by atoms with Gasteiger partial charge in [0.25, 0.3) is 5.91 Å². The summed E-state index contributed by atoms with van der Waals surface area (Å²) in [5, 5.41) is 0. The Bertz CT molecular complexity index is 960. The molecule has 0 unspecified atom stereocenters. The second kappa shape index (κ2) is 7.09. The Hall–Kier alpha value is -1.78. The van der Waals surface area contributed by atoms with Crippen molar-refractivity contribution in [2.24, 2.45) is 0 Å². The summed E-state index contributed by atoms with van der Waals surface area (Å²) in [4.78, 5) is 15.0. The molecule has 2 aromatic carbocycles. The van der Waals surface area contributed by atoms with E-state index in [2.05, 4.69) is 22.6 Å². The summed E-state index contributed by atoms with van der Waals surface area (Å²) in [7, 11) is 1.63. The van der Waals surface area contributed by atoms with Gasteiger partial charge in [0.15, 0.2) is 15.8 Å². The number of halogens is 1. The van der Waals surface area contributed by atoms with Crippen LogP contribution in [0.25, 0.3) is 6.08 Å². The first-order valence-corrected chi connectivity index (χ1v) is 9.88. The number of nitrogens with zero attached hydrogens (tertiary/aromatic N) is 1. The van der Waals surface area contributed by atoms with E-state index in [9.17, 15) is 4.79 Å². The molecule has 0 aromatic heterocycles. The summed E-state index contributed by atoms with van der Waals surface area (Å²) in [5.74, 6) is 1.94. The van der Waals surface area contributed by atoms with Gasteiger partial charge < -0.3 is 14.2 Å². The molecular weight excluding hydrogens is 485 g/mol. The van der Waals surface area contributed by atoms with Crippen LogP contribution >= 0.6 is 46.6 Å². The van der Waals surface area contributed by atoms with Gasteiger partial charge in [-0.3, -0.25) is 9.69 Å². The maximum absolute atomic E-state index is 12.9. The lowest BCUT2D eigenvalue weighted by Crippen LogP contribution is -2.27. The molecule has 132 valence electrons. The number of thioether (sulfide) groups is 1. The highest BCUT2D eigenvalue weighted by Gasteiger charge is 2.34. The number of ether oxygens (including phenoxy) is 3. The van der Waals surface area contributed by atoms with E-state index in [1.165, 1.54) is 16.7 Å². The van der Waals surface area contributed by atoms with Crippen LogP contribution in [0.2, 0.25) is 0 Å². The van der Waals surface area contributed by atoms with Crippen LogP contribution in [-0.4, -0.2) is 24.1 Å². The Morgan fingerprint density at radius 3 is 2.81 bits per heavy atom. The molecule has 2 aliphatic rings. The van der Waals surface area contributed by atoms with Crippen LogP contribution in [0.3, 0.4) is 0 Å². The monoisotopic (exact) mass is 497 g/mol. The van der Waals surface area contributed by atoms with Crippen molar-refractivity contribution in [2.75, 3.05) is 18.8 Å². The number of anilines is 1. The van der Waals surface area contributed by atoms with Crippen molar-refractivity contribution in [1.82, 2.24) is 0 Å². The van der Waals surface area contributed by atoms with Crippen LogP contribution in [0.4, 0.5) is 5.69 Å². The van der Waals surface area contributed by atoms with Gasteiger partial charge in [0.05, 0.1) is 21.3 Å². The summed E-state index contributed by atoms with van der Waals surface area (Å²) < 4.78 is 17.4. The van der Waals surface area contributed by atoms with Gasteiger partial charge in [-0.05, 0) is 58.5 Å². The molecule has 0 N–H and O–H groups in total. The minimum absolute atomic E-state index is 0.148. The Balaban J connectivity index is 1.64. The molecule has 2 aliphatic heterocycles. The van der Waals surface area contributed by atoms with Crippen LogP contribution in [0.5, 0.6) is 17.2 Å². The number of methoxy groups -OCH3 is 1. The van der Waals surface area contributed by atoms with E-state index in [4.69, 9.17) is 26.4 Å². The third kappa shape index (κ3) is 3.17. The summed E-state index contributed by atoms with van der Waals surface area (Å²) in [6.07, 6.45) is 1.84. The third-order valence-electron chi connectivity index (χ3n) is 3.88. The molecule has 1 saturated heterocycles. The number of benzene rings is 2. The van der Waals surface area contributed by atoms with E-state index in [-0.39, 0.29) is 12.7 Å². The molecule has 2 aromatic rings. The maximum Gasteiger partial charge on any atom is 0.270 e. The van der Waals surface area contributed by atoms with Crippen LogP contribution in [0.15, 0.2) is 41.3 Å². The first kappa shape index (κ1) is 17.6. The molecule has 0 radical (unpaired) electrons. The number of hydrogen-bond donors (Lipinski definition) is 0. The van der Waals surface area contributed by atoms with Crippen LogP contribution < -0.4 is 19.1 Å². The van der Waals surface area contributed by atoms with Gasteiger partial charge >= 0.3 is 0 Å². The molecule has 0 bridgehead atoms. The molecule has 1 fully saturated rings. The number of fused-ring (bicyclic) bond motifs is 1. The topological polar surface area (TPSA) is 48.0 Å². The van der Waals surface area contributed by atoms with E-state index in [1.807, 2.05) is 24.3 Å². The molecule has 4 rings (SSSR count). The molecule has 0 saturated carbocycles. The highest BCUT2D eigenvalue weighted by atomic mass is 127. The average molecular weight is 497 g/mol. The SMILES string of the molecule is COc1ccc(/C=C2\SC(=S)N(c3ccc4c(c3)OCO4)C2=O)cc1I. The fourth-order valence-electron chi connectivity index (χ4n) is 2.64. The molecule has 5 nitrogen and oxygen atoms in total. The Morgan fingerprint density at radius 1 is 1.23 bits per heavy atom. The smallest absolute Gasteiger partial charge is 0.270 e. The number of carbonyl (C=O) groups excluding carboxylic acids is 1. The van der Waals surface area contributed by atoms with Crippen LogP contribution in [0, 0.1) is 3.57 Å². The van der Waals surface area contributed by atoms with Gasteiger partial charge in [0.1, 0.15) is 5.75 Å². The zero-order valence-corrected chi connectivity index (χ0v) is 17.3. The summed E-state index contributed by atoms with van der Waals surface area (Å²) in [5.41, 5.74) is 1.59. The summed E-state index contributed by atoms with van der Waals surface area (Å²) in [6, 6.07) is 11.1. The largest absolute Gasteiger partial charge is 0.496 e. The van der Waals surface area contributed by atoms with Crippen molar-refractivity contribution in [1.29, 1.82) is 0 Å². The highest BCUT2D eigenvalue weighted by Crippen LogP contribution is 2.41. The van der Waals surface area contributed by atoms with Crippen LogP contribution in [0.1, 0.15) is 5.56 Å². The summed E-state index contributed by atoms with van der Waals surface area (Å²) in [6.45, 7) is 0.188. The van der Waals surface area contributed by atoms with E-state index < -0.39 is 0 Å². The quantitative estimate of drug-likeness (QED) is 0.355. The third-order valence-corrected chi connectivity index (χ3v) is 6.03. The first-order chi connectivity index (χ1) is 12.6. The predicted octanol–water partition coefficient (Wildman–Crippen LogP) is 4.43. The van der Waals surface area contributed by atoms with Crippen molar-refractivity contribution in [3.63, 3.8) is 0 Å². The predicted molar refractivity (Wildman–Crippen MR) is 114 cm³/mol. The van der Waals surface area contributed by atoms with Gasteiger partial charge in [-0.1, -0.05) is 30.0 Å². The number of rotatable bonds is 3. The number of carbonyl (C=O) groups is 1. The minimum Gasteiger partial charge on any atom is -0.496 e. The molecule has 1 amide bonds. The molecule has 2 heterocycles. The normalized spacial score (nSPS) is 17.3. The van der Waals surface area contributed by atoms with E-state index in [1.54, 1.807) is 25.3 Å². The minimum atomic E-state index is -0.148. The van der Waals surface area contributed by atoms with Crippen LogP contribution in [-0.2, 0) is 4.79 Å². The zero-order chi connectivity index (χ0) is 18.3. The molecule has 0 spiro atoms. The van der Waals surface area contributed by atoms with Crippen molar-refractivity contribution in [3.8, 4) is 17.2 Å². The lowest BCUT2D eigenvalue weighted by molar-refractivity contribution is -0.113. The van der Waals surface area contributed by atoms with Gasteiger partial charge in [-0.15, -0.1) is 0 Å². The molecule has 26 heavy (non-hydrogen) atoms. The molecular formula is C18H12INO4S2. The first-order valence-electron chi connectivity index (χ1n) is 7.58. The highest BCUT2D eigenvalue weighted by molar-refractivity contribution is 14.1. The van der Waals surface area contributed by atoms with Crippen molar-refractivity contribution in [2.45, 2.75) is 0 Å². The lowest BCUT2D eigenvalue weighted by Gasteiger charge is -2.14. The molecule has 0 atom stereocenters. The molecule has 0 aliphatic carbocycles. The van der Waals surface area contributed by atoms with Gasteiger partial charge in [-0.25, -0.2) is 0 Å². The van der Waals surface area contributed by atoms with Gasteiger partial charge in [0, 0.05) is 6.07 Å². The number of hydrogen-bond acceptors (Lipinski definition) is 6. The van der Waals surface area contributed by atoms with Crippen molar-refractivity contribution < 1.29 is 19.0 Å². The average Bonchev–Trinajstić information content (AvgIpc) is 3.19. The Kier molecular flexibility index (Phi) is 4.80. The zero-order valence-electron chi connectivity index (χ0n) is 13.5. The lowest BCUT2D eigenvalue weighted by atomic mass is 10.2. The Morgan fingerprint density at radius 2 is 2.04 bits per heavy atom. The van der Waals surface area contributed by atoms with E-state index in [0.717, 1.165) is 14.9 Å². The standard InChI is InChI=1S/C18H12INO4S2/c1-22-13-4-2-10(6-12(13)19)7-16-17(21)20(18(25)26-16)11-3-5-14-15(8-11)24-9-23-14/h2-8H,9H2,1H3/b16-7-. The van der Waals surface area contributed by atoms with Gasteiger partial charge in [0.2, 0.25) is 6.79 Å². The fraction of sp³-hybridized carbons (Fsp3) is 0.111. The Labute approximate surface area is 173 Å². The fourth-order valence-corrected chi connectivity index (χ4v) is 4.70. The maximum atomic E-state index is 12.9. The number of amides is 1.